The van der Waals surface area contributed by atoms with Crippen LogP contribution in [0.1, 0.15) is 42.5 Å². The summed E-state index contributed by atoms with van der Waals surface area (Å²) in [6.07, 6.45) is 5.04. The Kier molecular flexibility index (Phi) is 4.09. The molecule has 102 valence electrons. The predicted molar refractivity (Wildman–Crippen MR) is 67.4 cm³/mol. The monoisotopic (exact) mass is 266 g/mol. The van der Waals surface area contributed by atoms with Crippen LogP contribution >= 0.6 is 0 Å². The Labute approximate surface area is 110 Å². The zero-order valence-electron chi connectivity index (χ0n) is 10.4. The highest BCUT2D eigenvalue weighted by molar-refractivity contribution is 5.98. The van der Waals surface area contributed by atoms with Crippen LogP contribution in [0.15, 0.2) is 18.2 Å². The molecule has 0 bridgehead atoms. The van der Waals surface area contributed by atoms with Gasteiger partial charge in [-0.1, -0.05) is 19.3 Å². The van der Waals surface area contributed by atoms with E-state index in [1.807, 2.05) is 0 Å². The first-order chi connectivity index (χ1) is 9.08. The molecule has 1 fully saturated rings. The van der Waals surface area contributed by atoms with Crippen molar-refractivity contribution in [3.63, 3.8) is 0 Å². The average Bonchev–Trinajstić information content (AvgIpc) is 2.39. The molecule has 0 aromatic heterocycles. The number of hydrogen-bond acceptors (Lipinski definition) is 3. The lowest BCUT2D eigenvalue weighted by atomic mass is 9.95. The van der Waals surface area contributed by atoms with Gasteiger partial charge in [0.15, 0.2) is 0 Å². The highest BCUT2D eigenvalue weighted by atomic mass is 19.1. The number of amides is 1. The SMILES string of the molecule is O=C(NC1CCCCC1)c1ccc(F)cc1[N+](=O)[O-]. The lowest BCUT2D eigenvalue weighted by Gasteiger charge is -2.22. The van der Waals surface area contributed by atoms with Gasteiger partial charge in [-0.3, -0.25) is 14.9 Å². The van der Waals surface area contributed by atoms with E-state index >= 15 is 0 Å². The topological polar surface area (TPSA) is 72.2 Å². The maximum Gasteiger partial charge on any atom is 0.285 e. The molecule has 0 spiro atoms. The minimum Gasteiger partial charge on any atom is -0.349 e. The maximum atomic E-state index is 13.0. The number of carbonyl (C=O) groups is 1. The summed E-state index contributed by atoms with van der Waals surface area (Å²) < 4.78 is 13.0. The number of benzene rings is 1. The second kappa shape index (κ2) is 5.77. The fourth-order valence-electron chi connectivity index (χ4n) is 2.36. The molecule has 0 unspecified atom stereocenters. The fourth-order valence-corrected chi connectivity index (χ4v) is 2.36. The lowest BCUT2D eigenvalue weighted by Crippen LogP contribution is -2.36. The molecule has 1 aromatic rings. The smallest absolute Gasteiger partial charge is 0.285 e. The number of carbonyl (C=O) groups excluding carboxylic acids is 1. The number of halogens is 1. The highest BCUT2D eigenvalue weighted by Crippen LogP contribution is 2.22. The summed E-state index contributed by atoms with van der Waals surface area (Å²) in [6.45, 7) is 0. The Balaban J connectivity index is 2.16. The maximum absolute atomic E-state index is 13.0. The molecule has 0 saturated heterocycles. The third kappa shape index (κ3) is 3.27. The van der Waals surface area contributed by atoms with Crippen LogP contribution in [0.4, 0.5) is 10.1 Å². The molecule has 1 aliphatic carbocycles. The molecule has 0 heterocycles. The van der Waals surface area contributed by atoms with Crippen LogP contribution in [0.3, 0.4) is 0 Å². The molecule has 0 atom stereocenters. The summed E-state index contributed by atoms with van der Waals surface area (Å²) in [7, 11) is 0. The van der Waals surface area contributed by atoms with E-state index in [-0.39, 0.29) is 11.6 Å². The highest BCUT2D eigenvalue weighted by Gasteiger charge is 2.23. The first-order valence-corrected chi connectivity index (χ1v) is 6.33. The van der Waals surface area contributed by atoms with E-state index in [0.717, 1.165) is 50.3 Å². The normalized spacial score (nSPS) is 16.1. The van der Waals surface area contributed by atoms with Gasteiger partial charge in [-0.15, -0.1) is 0 Å². The molecule has 5 nitrogen and oxygen atoms in total. The van der Waals surface area contributed by atoms with Crippen LogP contribution in [0.25, 0.3) is 0 Å². The van der Waals surface area contributed by atoms with E-state index in [1.165, 1.54) is 0 Å². The van der Waals surface area contributed by atoms with Crippen molar-refractivity contribution >= 4 is 11.6 Å². The van der Waals surface area contributed by atoms with E-state index in [4.69, 9.17) is 0 Å². The van der Waals surface area contributed by atoms with Crippen LogP contribution in [-0.4, -0.2) is 16.9 Å². The van der Waals surface area contributed by atoms with Gasteiger partial charge in [0.05, 0.1) is 11.0 Å². The summed E-state index contributed by atoms with van der Waals surface area (Å²) in [5.74, 6) is -1.22. The molecule has 6 heteroatoms. The number of nitrogens with zero attached hydrogens (tertiary/aromatic N) is 1. The zero-order chi connectivity index (χ0) is 13.8. The summed E-state index contributed by atoms with van der Waals surface area (Å²) in [4.78, 5) is 22.1. The van der Waals surface area contributed by atoms with Gasteiger partial charge in [0.1, 0.15) is 11.4 Å². The first kappa shape index (κ1) is 13.5. The molecular weight excluding hydrogens is 251 g/mol. The molecule has 1 aliphatic rings. The van der Waals surface area contributed by atoms with E-state index < -0.39 is 22.3 Å². The summed E-state index contributed by atoms with van der Waals surface area (Å²) >= 11 is 0. The minimum absolute atomic E-state index is 0.0610. The molecule has 0 aliphatic heterocycles. The average molecular weight is 266 g/mol. The Bertz CT molecular complexity index is 499. The molecule has 0 radical (unpaired) electrons. The van der Waals surface area contributed by atoms with Crippen molar-refractivity contribution in [1.29, 1.82) is 0 Å². The quantitative estimate of drug-likeness (QED) is 0.675. The number of nitro groups is 1. The van der Waals surface area contributed by atoms with Crippen LogP contribution < -0.4 is 5.32 Å². The molecule has 1 saturated carbocycles. The molecular formula is C13H15FN2O3. The van der Waals surface area contributed by atoms with E-state index in [2.05, 4.69) is 5.32 Å². The van der Waals surface area contributed by atoms with Crippen LogP contribution in [0.2, 0.25) is 0 Å². The zero-order valence-corrected chi connectivity index (χ0v) is 10.4. The Morgan fingerprint density at radius 1 is 1.32 bits per heavy atom. The number of nitrogens with one attached hydrogen (secondary N) is 1. The Morgan fingerprint density at radius 2 is 2.00 bits per heavy atom. The third-order valence-electron chi connectivity index (χ3n) is 3.34. The minimum atomic E-state index is -0.737. The van der Waals surface area contributed by atoms with Gasteiger partial charge in [-0.05, 0) is 25.0 Å². The van der Waals surface area contributed by atoms with E-state index in [1.54, 1.807) is 0 Å². The summed E-state index contributed by atoms with van der Waals surface area (Å²) in [5.41, 5.74) is -0.578. The second-order valence-electron chi connectivity index (χ2n) is 4.73. The molecule has 2 rings (SSSR count). The van der Waals surface area contributed by atoms with Gasteiger partial charge < -0.3 is 5.32 Å². The summed E-state index contributed by atoms with van der Waals surface area (Å²) in [5, 5.41) is 13.6. The van der Waals surface area contributed by atoms with Gasteiger partial charge in [0.25, 0.3) is 11.6 Å². The van der Waals surface area contributed by atoms with Crippen molar-refractivity contribution in [3.05, 3.63) is 39.7 Å². The van der Waals surface area contributed by atoms with Crippen molar-refractivity contribution in [1.82, 2.24) is 5.32 Å². The van der Waals surface area contributed by atoms with Crippen molar-refractivity contribution in [2.45, 2.75) is 38.1 Å². The van der Waals surface area contributed by atoms with Crippen LogP contribution in [-0.2, 0) is 0 Å². The number of rotatable bonds is 3. The van der Waals surface area contributed by atoms with Crippen molar-refractivity contribution < 1.29 is 14.1 Å². The molecule has 1 N–H and O–H groups in total. The van der Waals surface area contributed by atoms with Gasteiger partial charge in [0.2, 0.25) is 0 Å². The van der Waals surface area contributed by atoms with Gasteiger partial charge in [0, 0.05) is 6.04 Å². The van der Waals surface area contributed by atoms with Crippen molar-refractivity contribution in [3.8, 4) is 0 Å². The predicted octanol–water partition coefficient (Wildman–Crippen LogP) is 2.80. The molecule has 1 aromatic carbocycles. The van der Waals surface area contributed by atoms with Crippen molar-refractivity contribution in [2.24, 2.45) is 0 Å². The van der Waals surface area contributed by atoms with Crippen LogP contribution in [0.5, 0.6) is 0 Å². The standard InChI is InChI=1S/C13H15FN2O3/c14-9-6-7-11(12(8-9)16(18)19)13(17)15-10-4-2-1-3-5-10/h6-8,10H,1-5H2,(H,15,17). The van der Waals surface area contributed by atoms with E-state index in [0.29, 0.717) is 0 Å². The fraction of sp³-hybridized carbons (Fsp3) is 0.462. The molecule has 19 heavy (non-hydrogen) atoms. The largest absolute Gasteiger partial charge is 0.349 e. The lowest BCUT2D eigenvalue weighted by molar-refractivity contribution is -0.385. The van der Waals surface area contributed by atoms with Gasteiger partial charge in [-0.25, -0.2) is 4.39 Å². The van der Waals surface area contributed by atoms with Gasteiger partial charge in [-0.2, -0.15) is 0 Å². The first-order valence-electron chi connectivity index (χ1n) is 6.33. The third-order valence-corrected chi connectivity index (χ3v) is 3.34. The molecule has 1 amide bonds. The number of nitro benzene ring substituents is 1. The number of hydrogen-bond donors (Lipinski definition) is 1. The Morgan fingerprint density at radius 3 is 2.63 bits per heavy atom. The van der Waals surface area contributed by atoms with E-state index in [9.17, 15) is 19.3 Å². The summed E-state index contributed by atoms with van der Waals surface area (Å²) in [6, 6.07) is 3.05. The second-order valence-corrected chi connectivity index (χ2v) is 4.73. The Hall–Kier alpha value is -1.98. The van der Waals surface area contributed by atoms with Crippen LogP contribution in [0, 0.1) is 15.9 Å². The van der Waals surface area contributed by atoms with Gasteiger partial charge >= 0.3 is 0 Å². The van der Waals surface area contributed by atoms with Crippen molar-refractivity contribution in [2.75, 3.05) is 0 Å².